The quantitative estimate of drug-likeness (QED) is 0.200. The molecular formula is C32H37N5O6. The minimum atomic E-state index is -0.979. The van der Waals surface area contributed by atoms with E-state index in [1.54, 1.807) is 26.0 Å². The van der Waals surface area contributed by atoms with E-state index in [1.807, 2.05) is 60.2 Å². The van der Waals surface area contributed by atoms with Crippen LogP contribution in [0, 0.1) is 0 Å². The van der Waals surface area contributed by atoms with Gasteiger partial charge in [0.05, 0.1) is 24.6 Å². The molecule has 2 heterocycles. The molecular weight excluding hydrogens is 550 g/mol. The van der Waals surface area contributed by atoms with Gasteiger partial charge in [-0.1, -0.05) is 42.5 Å². The van der Waals surface area contributed by atoms with Gasteiger partial charge in [0.25, 0.3) is 11.5 Å². The number of aromatic nitrogens is 3. The molecule has 1 unspecified atom stereocenters. The van der Waals surface area contributed by atoms with Crippen LogP contribution in [0.1, 0.15) is 66.7 Å². The summed E-state index contributed by atoms with van der Waals surface area (Å²) in [6.45, 7) is 5.80. The molecule has 0 fully saturated rings. The first-order valence-corrected chi connectivity index (χ1v) is 14.4. The standard InChI is InChI=1S/C32H37N5O6/c1-4-42-26(38)18-17-25(31(41)43-5-2)34-29(39)23-14-11-21(12-15-23)13-16-24-19-37(20(3)22-9-7-6-8-10-22)28-27(24)30(40)36-32(33)35-28/h6-12,14-15,19-20,25H,4-5,13,16-18H2,1-3H3,(H,34,39)(H3,33,35,36,40)/t20?,25-/m0/s1. The van der Waals surface area contributed by atoms with Crippen molar-refractivity contribution in [1.82, 2.24) is 19.9 Å². The molecule has 4 aromatic rings. The number of H-pyrrole nitrogens is 1. The van der Waals surface area contributed by atoms with E-state index in [1.165, 1.54) is 0 Å². The number of hydrogen-bond acceptors (Lipinski definition) is 8. The van der Waals surface area contributed by atoms with Crippen molar-refractivity contribution >= 4 is 34.8 Å². The predicted octanol–water partition coefficient (Wildman–Crippen LogP) is 3.71. The van der Waals surface area contributed by atoms with Crippen molar-refractivity contribution in [2.45, 2.75) is 58.5 Å². The van der Waals surface area contributed by atoms with E-state index in [4.69, 9.17) is 15.2 Å². The lowest BCUT2D eigenvalue weighted by Gasteiger charge is -2.17. The number of esters is 2. The number of ether oxygens (including phenoxy) is 2. The van der Waals surface area contributed by atoms with Crippen LogP contribution >= 0.6 is 0 Å². The summed E-state index contributed by atoms with van der Waals surface area (Å²) in [6, 6.07) is 15.9. The van der Waals surface area contributed by atoms with Gasteiger partial charge in [-0.25, -0.2) is 4.79 Å². The SMILES string of the molecule is CCOC(=O)CC[C@H](NC(=O)c1ccc(CCc2cn(C(C)c3ccccc3)c3nc(N)[nH]c(=O)c23)cc1)C(=O)OCC. The molecule has 11 heteroatoms. The summed E-state index contributed by atoms with van der Waals surface area (Å²) in [5.74, 6) is -1.46. The summed E-state index contributed by atoms with van der Waals surface area (Å²) in [5, 5.41) is 3.17. The van der Waals surface area contributed by atoms with Gasteiger partial charge in [0, 0.05) is 18.2 Å². The number of nitrogen functional groups attached to an aromatic ring is 1. The maximum Gasteiger partial charge on any atom is 0.328 e. The zero-order valence-electron chi connectivity index (χ0n) is 24.6. The van der Waals surface area contributed by atoms with Crippen LogP contribution in [-0.4, -0.2) is 51.6 Å². The van der Waals surface area contributed by atoms with Crippen LogP contribution < -0.4 is 16.6 Å². The average molecular weight is 588 g/mol. The number of nitrogens with two attached hydrogens (primary N) is 1. The second kappa shape index (κ2) is 14.3. The number of nitrogens with one attached hydrogen (secondary N) is 2. The lowest BCUT2D eigenvalue weighted by atomic mass is 10.0. The molecule has 2 aromatic heterocycles. The fourth-order valence-electron chi connectivity index (χ4n) is 4.96. The van der Waals surface area contributed by atoms with Crippen molar-refractivity contribution in [3.8, 4) is 0 Å². The Morgan fingerprint density at radius 2 is 1.70 bits per heavy atom. The van der Waals surface area contributed by atoms with Crippen molar-refractivity contribution in [3.63, 3.8) is 0 Å². The fourth-order valence-corrected chi connectivity index (χ4v) is 4.96. The molecule has 0 saturated heterocycles. The fraction of sp³-hybridized carbons (Fsp3) is 0.344. The third-order valence-corrected chi connectivity index (χ3v) is 7.20. The smallest absolute Gasteiger partial charge is 0.328 e. The Balaban J connectivity index is 1.47. The van der Waals surface area contributed by atoms with Gasteiger partial charge in [0.1, 0.15) is 11.7 Å². The summed E-state index contributed by atoms with van der Waals surface area (Å²) in [7, 11) is 0. The summed E-state index contributed by atoms with van der Waals surface area (Å²) < 4.78 is 12.0. The highest BCUT2D eigenvalue weighted by atomic mass is 16.5. The first-order chi connectivity index (χ1) is 20.7. The summed E-state index contributed by atoms with van der Waals surface area (Å²) in [6.07, 6.45) is 3.16. The topological polar surface area (TPSA) is 158 Å². The van der Waals surface area contributed by atoms with E-state index in [-0.39, 0.29) is 43.6 Å². The van der Waals surface area contributed by atoms with Crippen LogP contribution in [0.5, 0.6) is 0 Å². The van der Waals surface area contributed by atoms with Crippen LogP contribution in [-0.2, 0) is 31.9 Å². The molecule has 4 N–H and O–H groups in total. The van der Waals surface area contributed by atoms with Gasteiger partial charge in [-0.15, -0.1) is 0 Å². The number of carbonyl (C=O) groups is 3. The van der Waals surface area contributed by atoms with Crippen LogP contribution in [0.25, 0.3) is 11.0 Å². The first kappa shape index (κ1) is 31.0. The number of nitrogens with zero attached hydrogens (tertiary/aromatic N) is 2. The van der Waals surface area contributed by atoms with E-state index in [9.17, 15) is 19.2 Å². The van der Waals surface area contributed by atoms with E-state index in [2.05, 4.69) is 15.3 Å². The van der Waals surface area contributed by atoms with Gasteiger partial charge in [-0.05, 0) is 68.9 Å². The number of aromatic amines is 1. The molecule has 0 aliphatic rings. The maximum atomic E-state index is 12.9. The highest BCUT2D eigenvalue weighted by Crippen LogP contribution is 2.26. The van der Waals surface area contributed by atoms with Crippen molar-refractivity contribution in [1.29, 1.82) is 0 Å². The van der Waals surface area contributed by atoms with Gasteiger partial charge in [-0.2, -0.15) is 4.98 Å². The number of amides is 1. The second-order valence-electron chi connectivity index (χ2n) is 10.1. The van der Waals surface area contributed by atoms with Gasteiger partial charge in [-0.3, -0.25) is 19.4 Å². The van der Waals surface area contributed by atoms with E-state index < -0.39 is 23.9 Å². The summed E-state index contributed by atoms with van der Waals surface area (Å²) in [4.78, 5) is 57.1. The Morgan fingerprint density at radius 3 is 2.37 bits per heavy atom. The molecule has 0 saturated carbocycles. The zero-order chi connectivity index (χ0) is 30.9. The van der Waals surface area contributed by atoms with Gasteiger partial charge >= 0.3 is 11.9 Å². The molecule has 0 bridgehead atoms. The van der Waals surface area contributed by atoms with Crippen molar-refractivity contribution < 1.29 is 23.9 Å². The summed E-state index contributed by atoms with van der Waals surface area (Å²) >= 11 is 0. The van der Waals surface area contributed by atoms with Crippen molar-refractivity contribution in [2.75, 3.05) is 18.9 Å². The van der Waals surface area contributed by atoms with E-state index in [0.29, 0.717) is 29.4 Å². The highest BCUT2D eigenvalue weighted by Gasteiger charge is 2.24. The molecule has 0 spiro atoms. The van der Waals surface area contributed by atoms with Crippen LogP contribution in [0.15, 0.2) is 65.6 Å². The lowest BCUT2D eigenvalue weighted by molar-refractivity contribution is -0.146. The minimum Gasteiger partial charge on any atom is -0.466 e. The third kappa shape index (κ3) is 7.68. The van der Waals surface area contributed by atoms with Crippen molar-refractivity contribution in [2.24, 2.45) is 0 Å². The number of hydrogen-bond donors (Lipinski definition) is 3. The lowest BCUT2D eigenvalue weighted by Crippen LogP contribution is -2.42. The Morgan fingerprint density at radius 1 is 1.00 bits per heavy atom. The Hall–Kier alpha value is -4.93. The van der Waals surface area contributed by atoms with E-state index >= 15 is 0 Å². The van der Waals surface area contributed by atoms with Gasteiger partial charge in [0.15, 0.2) is 0 Å². The zero-order valence-corrected chi connectivity index (χ0v) is 24.6. The monoisotopic (exact) mass is 587 g/mol. The molecule has 0 aliphatic carbocycles. The molecule has 2 aromatic carbocycles. The molecule has 11 nitrogen and oxygen atoms in total. The Kier molecular flexibility index (Phi) is 10.3. The predicted molar refractivity (Wildman–Crippen MR) is 163 cm³/mol. The van der Waals surface area contributed by atoms with Gasteiger partial charge < -0.3 is 25.1 Å². The molecule has 4 rings (SSSR count). The Labute approximate surface area is 249 Å². The minimum absolute atomic E-state index is 0.0258. The molecule has 43 heavy (non-hydrogen) atoms. The second-order valence-corrected chi connectivity index (χ2v) is 10.1. The molecule has 0 radical (unpaired) electrons. The maximum absolute atomic E-state index is 12.9. The molecule has 226 valence electrons. The van der Waals surface area contributed by atoms with Gasteiger partial charge in [0.2, 0.25) is 5.95 Å². The van der Waals surface area contributed by atoms with Crippen LogP contribution in [0.4, 0.5) is 5.95 Å². The third-order valence-electron chi connectivity index (χ3n) is 7.20. The number of rotatable bonds is 13. The number of carbonyl (C=O) groups excluding carboxylic acids is 3. The number of anilines is 1. The number of benzene rings is 2. The number of fused-ring (bicyclic) bond motifs is 1. The van der Waals surface area contributed by atoms with Crippen LogP contribution in [0.3, 0.4) is 0 Å². The largest absolute Gasteiger partial charge is 0.466 e. The average Bonchev–Trinajstić information content (AvgIpc) is 3.37. The summed E-state index contributed by atoms with van der Waals surface area (Å²) in [5.41, 5.74) is 9.36. The van der Waals surface area contributed by atoms with Crippen LogP contribution in [0.2, 0.25) is 0 Å². The number of aryl methyl sites for hydroxylation is 2. The Bertz CT molecular complexity index is 1630. The molecule has 0 aliphatic heterocycles. The first-order valence-electron chi connectivity index (χ1n) is 14.4. The molecule has 2 atom stereocenters. The highest BCUT2D eigenvalue weighted by molar-refractivity contribution is 5.97. The normalized spacial score (nSPS) is 12.4. The molecule has 1 amide bonds. The van der Waals surface area contributed by atoms with Crippen molar-refractivity contribution in [3.05, 3.63) is 93.4 Å². The van der Waals surface area contributed by atoms with E-state index in [0.717, 1.165) is 16.7 Å².